The van der Waals surface area contributed by atoms with Crippen LogP contribution in [0.15, 0.2) is 6.07 Å². The minimum atomic E-state index is -4.53. The number of rotatable bonds is 6. The fourth-order valence-electron chi connectivity index (χ4n) is 1.94. The molecule has 0 bridgehead atoms. The molecule has 0 aromatic carbocycles. The van der Waals surface area contributed by atoms with Gasteiger partial charge in [0.2, 0.25) is 5.28 Å². The van der Waals surface area contributed by atoms with Crippen molar-refractivity contribution < 1.29 is 17.9 Å². The number of hydrogen-bond donors (Lipinski definition) is 1. The molecule has 0 amide bonds. The molecule has 1 aliphatic carbocycles. The monoisotopic (exact) mass is 309 g/mol. The van der Waals surface area contributed by atoms with Crippen molar-refractivity contribution >= 4 is 17.4 Å². The van der Waals surface area contributed by atoms with Gasteiger partial charge < -0.3 is 10.1 Å². The van der Waals surface area contributed by atoms with Gasteiger partial charge in [-0.3, -0.25) is 0 Å². The summed E-state index contributed by atoms with van der Waals surface area (Å²) in [7, 11) is 1.63. The number of hydrogen-bond acceptors (Lipinski definition) is 4. The molecule has 4 nitrogen and oxygen atoms in total. The van der Waals surface area contributed by atoms with E-state index in [1.807, 2.05) is 0 Å². The van der Waals surface area contributed by atoms with Crippen molar-refractivity contribution in [2.75, 3.05) is 25.6 Å². The first kappa shape index (κ1) is 15.3. The van der Waals surface area contributed by atoms with Gasteiger partial charge in [-0.2, -0.15) is 13.2 Å². The van der Waals surface area contributed by atoms with E-state index in [0.29, 0.717) is 13.2 Å². The van der Waals surface area contributed by atoms with E-state index in [1.165, 1.54) is 0 Å². The van der Waals surface area contributed by atoms with Crippen molar-refractivity contribution in [3.63, 3.8) is 0 Å². The van der Waals surface area contributed by atoms with E-state index < -0.39 is 17.2 Å². The molecule has 0 atom stereocenters. The molecule has 0 spiro atoms. The van der Waals surface area contributed by atoms with Gasteiger partial charge >= 0.3 is 6.18 Å². The van der Waals surface area contributed by atoms with Crippen LogP contribution in [0.2, 0.25) is 5.28 Å². The predicted molar refractivity (Wildman–Crippen MR) is 68.7 cm³/mol. The van der Waals surface area contributed by atoms with Crippen LogP contribution in [-0.4, -0.2) is 30.2 Å². The Hall–Kier alpha value is -1.08. The zero-order chi connectivity index (χ0) is 14.8. The molecule has 1 aromatic rings. The van der Waals surface area contributed by atoms with Crippen LogP contribution in [0.4, 0.5) is 19.0 Å². The van der Waals surface area contributed by atoms with Gasteiger partial charge in [0.15, 0.2) is 5.69 Å². The second-order valence-corrected chi connectivity index (χ2v) is 5.34. The number of nitrogens with zero attached hydrogens (tertiary/aromatic N) is 2. The molecule has 0 radical (unpaired) electrons. The van der Waals surface area contributed by atoms with Crippen molar-refractivity contribution in [2.24, 2.45) is 5.41 Å². The lowest BCUT2D eigenvalue weighted by Crippen LogP contribution is -2.19. The third kappa shape index (κ3) is 3.96. The van der Waals surface area contributed by atoms with Crippen molar-refractivity contribution in [1.29, 1.82) is 0 Å². The molecule has 20 heavy (non-hydrogen) atoms. The Morgan fingerprint density at radius 3 is 2.65 bits per heavy atom. The summed E-state index contributed by atoms with van der Waals surface area (Å²) in [5.74, 6) is 0.0982. The van der Waals surface area contributed by atoms with Gasteiger partial charge in [0.05, 0.1) is 0 Å². The Bertz CT molecular complexity index is 478. The van der Waals surface area contributed by atoms with Crippen LogP contribution in [0.5, 0.6) is 0 Å². The van der Waals surface area contributed by atoms with Gasteiger partial charge in [-0.1, -0.05) is 0 Å². The maximum absolute atomic E-state index is 12.6. The number of halogens is 4. The Labute approximate surface area is 119 Å². The minimum absolute atomic E-state index is 0.0982. The molecule has 1 aliphatic rings. The molecule has 1 heterocycles. The van der Waals surface area contributed by atoms with Crippen molar-refractivity contribution in [1.82, 2.24) is 9.97 Å². The highest BCUT2D eigenvalue weighted by Crippen LogP contribution is 2.48. The van der Waals surface area contributed by atoms with Gasteiger partial charge in [0.1, 0.15) is 5.82 Å². The Morgan fingerprint density at radius 1 is 1.40 bits per heavy atom. The Kier molecular flexibility index (Phi) is 4.39. The van der Waals surface area contributed by atoms with E-state index in [0.717, 1.165) is 25.3 Å². The molecule has 2 rings (SSSR count). The number of anilines is 1. The first-order chi connectivity index (χ1) is 9.35. The number of ether oxygens (including phenoxy) is 1. The molecule has 1 saturated carbocycles. The molecule has 1 aromatic heterocycles. The van der Waals surface area contributed by atoms with E-state index in [1.54, 1.807) is 7.11 Å². The summed E-state index contributed by atoms with van der Waals surface area (Å²) in [4.78, 5) is 6.95. The second kappa shape index (κ2) is 5.73. The number of nitrogens with one attached hydrogen (secondary N) is 1. The fourth-order valence-corrected chi connectivity index (χ4v) is 2.12. The zero-order valence-electron chi connectivity index (χ0n) is 10.9. The van der Waals surface area contributed by atoms with E-state index in [4.69, 9.17) is 16.3 Å². The van der Waals surface area contributed by atoms with Crippen molar-refractivity contribution in [2.45, 2.75) is 25.4 Å². The SMILES string of the molecule is COCCC1(CNc2cc(C(F)(F)F)nc(Cl)n2)CC1. The van der Waals surface area contributed by atoms with E-state index in [9.17, 15) is 13.2 Å². The molecule has 8 heteroatoms. The highest BCUT2D eigenvalue weighted by molar-refractivity contribution is 6.28. The van der Waals surface area contributed by atoms with Gasteiger partial charge in [0, 0.05) is 26.3 Å². The smallest absolute Gasteiger partial charge is 0.385 e. The standard InChI is InChI=1S/C12H15ClF3N3O/c1-20-5-4-11(2-3-11)7-17-9-6-8(12(14,15)16)18-10(13)19-9/h6H,2-5,7H2,1H3,(H,17,18,19). The summed E-state index contributed by atoms with van der Waals surface area (Å²) in [5.41, 5.74) is -0.937. The van der Waals surface area contributed by atoms with Crippen molar-refractivity contribution in [3.8, 4) is 0 Å². The van der Waals surface area contributed by atoms with Crippen LogP contribution >= 0.6 is 11.6 Å². The molecule has 0 aliphatic heterocycles. The lowest BCUT2D eigenvalue weighted by atomic mass is 10.0. The fraction of sp³-hybridized carbons (Fsp3) is 0.667. The number of methoxy groups -OCH3 is 1. The van der Waals surface area contributed by atoms with Crippen LogP contribution in [0.1, 0.15) is 25.0 Å². The minimum Gasteiger partial charge on any atom is -0.385 e. The highest BCUT2D eigenvalue weighted by atomic mass is 35.5. The van der Waals surface area contributed by atoms with Gasteiger partial charge in [-0.05, 0) is 36.3 Å². The number of aromatic nitrogens is 2. The maximum Gasteiger partial charge on any atom is 0.433 e. The molecular weight excluding hydrogens is 295 g/mol. The number of alkyl halides is 3. The summed E-state index contributed by atoms with van der Waals surface area (Å²) in [6.07, 6.45) is -1.58. The lowest BCUT2D eigenvalue weighted by Gasteiger charge is -2.16. The zero-order valence-corrected chi connectivity index (χ0v) is 11.7. The summed E-state index contributed by atoms with van der Waals surface area (Å²) < 4.78 is 42.9. The van der Waals surface area contributed by atoms with Crippen LogP contribution in [0.3, 0.4) is 0 Å². The van der Waals surface area contributed by atoms with Crippen LogP contribution in [0.25, 0.3) is 0 Å². The second-order valence-electron chi connectivity index (χ2n) is 5.00. The average molecular weight is 310 g/mol. The molecule has 112 valence electrons. The van der Waals surface area contributed by atoms with Crippen LogP contribution in [0, 0.1) is 5.41 Å². The molecule has 1 fully saturated rings. The Morgan fingerprint density at radius 2 is 2.10 bits per heavy atom. The van der Waals surface area contributed by atoms with Crippen LogP contribution < -0.4 is 5.32 Å². The third-order valence-electron chi connectivity index (χ3n) is 3.43. The highest BCUT2D eigenvalue weighted by Gasteiger charge is 2.42. The van der Waals surface area contributed by atoms with Crippen molar-refractivity contribution in [3.05, 3.63) is 17.0 Å². The quantitative estimate of drug-likeness (QED) is 0.818. The van der Waals surface area contributed by atoms with Gasteiger partial charge in [-0.15, -0.1) is 0 Å². The summed E-state index contributed by atoms with van der Waals surface area (Å²) in [5, 5.41) is 2.51. The molecule has 0 unspecified atom stereocenters. The first-order valence-corrected chi connectivity index (χ1v) is 6.57. The summed E-state index contributed by atoms with van der Waals surface area (Å²) in [6, 6.07) is 0.873. The topological polar surface area (TPSA) is 47.0 Å². The Balaban J connectivity index is 2.01. The summed E-state index contributed by atoms with van der Waals surface area (Å²) >= 11 is 5.52. The lowest BCUT2D eigenvalue weighted by molar-refractivity contribution is -0.141. The molecular formula is C12H15ClF3N3O. The average Bonchev–Trinajstić information content (AvgIpc) is 3.13. The normalized spacial score (nSPS) is 17.1. The largest absolute Gasteiger partial charge is 0.433 e. The molecule has 1 N–H and O–H groups in total. The van der Waals surface area contributed by atoms with E-state index >= 15 is 0 Å². The molecule has 0 saturated heterocycles. The maximum atomic E-state index is 12.6. The van der Waals surface area contributed by atoms with Crippen LogP contribution in [-0.2, 0) is 10.9 Å². The third-order valence-corrected chi connectivity index (χ3v) is 3.60. The van der Waals surface area contributed by atoms with Gasteiger partial charge in [0.25, 0.3) is 0 Å². The van der Waals surface area contributed by atoms with E-state index in [-0.39, 0.29) is 11.2 Å². The predicted octanol–water partition coefficient (Wildman–Crippen LogP) is 3.38. The first-order valence-electron chi connectivity index (χ1n) is 6.19. The summed E-state index contributed by atoms with van der Waals surface area (Å²) in [6.45, 7) is 1.20. The van der Waals surface area contributed by atoms with Gasteiger partial charge in [-0.25, -0.2) is 9.97 Å². The van der Waals surface area contributed by atoms with E-state index in [2.05, 4.69) is 15.3 Å².